The fourth-order valence-electron chi connectivity index (χ4n) is 4.58. The lowest BCUT2D eigenvalue weighted by Crippen LogP contribution is -2.56. The third kappa shape index (κ3) is 3.67. The molecule has 0 saturated carbocycles. The van der Waals surface area contributed by atoms with Crippen molar-refractivity contribution in [2.24, 2.45) is 5.73 Å². The molecule has 0 unspecified atom stereocenters. The number of carbonyl (C=O) groups is 1. The first-order chi connectivity index (χ1) is 18.0. The van der Waals surface area contributed by atoms with E-state index in [9.17, 15) is 4.79 Å². The van der Waals surface area contributed by atoms with Gasteiger partial charge in [0.25, 0.3) is 0 Å². The number of nitrogens with one attached hydrogen (secondary N) is 2. The summed E-state index contributed by atoms with van der Waals surface area (Å²) in [5.41, 5.74) is 11.5. The number of aromatic amines is 2. The molecule has 10 nitrogen and oxygen atoms in total. The summed E-state index contributed by atoms with van der Waals surface area (Å²) in [6.07, 6.45) is 5.27. The van der Waals surface area contributed by atoms with Gasteiger partial charge in [-0.25, -0.2) is 9.97 Å². The van der Waals surface area contributed by atoms with Gasteiger partial charge in [0, 0.05) is 36.3 Å². The zero-order valence-electron chi connectivity index (χ0n) is 19.8. The molecule has 1 aliphatic rings. The second-order valence-electron chi connectivity index (χ2n) is 9.12. The predicted molar refractivity (Wildman–Crippen MR) is 144 cm³/mol. The number of pyridine rings is 1. The molecule has 4 N–H and O–H groups in total. The van der Waals surface area contributed by atoms with Crippen LogP contribution in [0.5, 0.6) is 0 Å². The molecule has 37 heavy (non-hydrogen) atoms. The molecule has 0 amide bonds. The van der Waals surface area contributed by atoms with Crippen LogP contribution in [0.1, 0.15) is 16.6 Å². The van der Waals surface area contributed by atoms with Gasteiger partial charge in [0.05, 0.1) is 38.9 Å². The van der Waals surface area contributed by atoms with Gasteiger partial charge in [-0.3, -0.25) is 19.9 Å². The molecule has 1 aromatic carbocycles. The van der Waals surface area contributed by atoms with E-state index in [2.05, 4.69) is 36.1 Å². The van der Waals surface area contributed by atoms with Crippen molar-refractivity contribution in [3.8, 4) is 33.3 Å². The lowest BCUT2D eigenvalue weighted by Gasteiger charge is -2.37. The van der Waals surface area contributed by atoms with Crippen LogP contribution in [-0.2, 0) is 0 Å². The molecule has 0 atom stereocenters. The number of nitrogens with two attached hydrogens (primary N) is 1. The number of Topliss-reactive ketones (excluding diaryl/α,β-unsaturated/α-hetero) is 1. The molecule has 7 rings (SSSR count). The Balaban J connectivity index is 1.29. The number of imidazole rings is 1. The number of anilines is 1. The van der Waals surface area contributed by atoms with Crippen LogP contribution in [0.2, 0.25) is 0 Å². The van der Waals surface area contributed by atoms with E-state index in [4.69, 9.17) is 15.7 Å². The summed E-state index contributed by atoms with van der Waals surface area (Å²) in [4.78, 5) is 37.5. The maximum Gasteiger partial charge on any atom is 0.169 e. The van der Waals surface area contributed by atoms with Crippen molar-refractivity contribution >= 4 is 44.9 Å². The topological polar surface area (TPSA) is 142 Å². The molecule has 1 aliphatic heterocycles. The highest BCUT2D eigenvalue weighted by Crippen LogP contribution is 2.34. The number of hydrogen-bond donors (Lipinski definition) is 3. The van der Waals surface area contributed by atoms with Gasteiger partial charge in [0.2, 0.25) is 0 Å². The predicted octanol–water partition coefficient (Wildman–Crippen LogP) is 4.04. The first kappa shape index (κ1) is 21.8. The maximum absolute atomic E-state index is 11.8. The molecule has 0 radical (unpaired) electrons. The van der Waals surface area contributed by atoms with Gasteiger partial charge in [-0.1, -0.05) is 6.07 Å². The number of H-pyrrole nitrogens is 2. The minimum atomic E-state index is 0.0358. The molecule has 1 fully saturated rings. The Morgan fingerprint density at radius 2 is 1.97 bits per heavy atom. The van der Waals surface area contributed by atoms with Crippen LogP contribution < -0.4 is 10.6 Å². The van der Waals surface area contributed by atoms with E-state index >= 15 is 0 Å². The normalized spacial score (nSPS) is 13.9. The van der Waals surface area contributed by atoms with Gasteiger partial charge in [-0.05, 0) is 37.3 Å². The number of benzene rings is 1. The number of fused-ring (bicyclic) bond motifs is 2. The smallest absolute Gasteiger partial charge is 0.169 e. The summed E-state index contributed by atoms with van der Waals surface area (Å²) in [7, 11) is 0. The first-order valence-electron chi connectivity index (χ1n) is 11.8. The number of nitrogens with zero attached hydrogens (tertiary/aromatic N) is 6. The highest BCUT2D eigenvalue weighted by molar-refractivity contribution is 7.17. The number of rotatable bonds is 5. The number of thiophene rings is 1. The minimum absolute atomic E-state index is 0.0358. The summed E-state index contributed by atoms with van der Waals surface area (Å²) in [6, 6.07) is 11.9. The van der Waals surface area contributed by atoms with Gasteiger partial charge >= 0.3 is 0 Å². The summed E-state index contributed by atoms with van der Waals surface area (Å²) >= 11 is 1.42. The Labute approximate surface area is 214 Å². The summed E-state index contributed by atoms with van der Waals surface area (Å²) in [6.45, 7) is 3.14. The van der Waals surface area contributed by atoms with E-state index in [1.165, 1.54) is 11.3 Å². The molecule has 182 valence electrons. The highest BCUT2D eigenvalue weighted by atomic mass is 32.1. The van der Waals surface area contributed by atoms with Crippen LogP contribution in [0.25, 0.3) is 55.3 Å². The van der Waals surface area contributed by atoms with Crippen molar-refractivity contribution in [1.29, 1.82) is 0 Å². The van der Waals surface area contributed by atoms with Crippen LogP contribution in [0.15, 0.2) is 55.0 Å². The van der Waals surface area contributed by atoms with Crippen LogP contribution in [-0.4, -0.2) is 60.0 Å². The van der Waals surface area contributed by atoms with Gasteiger partial charge in [0.1, 0.15) is 22.7 Å². The molecule has 1 saturated heterocycles. The van der Waals surface area contributed by atoms with E-state index in [0.717, 1.165) is 62.7 Å². The highest BCUT2D eigenvalue weighted by Gasteiger charge is 2.25. The zero-order chi connectivity index (χ0) is 25.1. The average molecular weight is 508 g/mol. The molecule has 0 spiro atoms. The molecular weight excluding hydrogens is 486 g/mol. The fourth-order valence-corrected chi connectivity index (χ4v) is 5.48. The van der Waals surface area contributed by atoms with Crippen LogP contribution in [0.4, 0.5) is 5.82 Å². The molecule has 6 heterocycles. The van der Waals surface area contributed by atoms with E-state index in [-0.39, 0.29) is 11.8 Å². The monoisotopic (exact) mass is 507 g/mol. The van der Waals surface area contributed by atoms with Crippen molar-refractivity contribution in [1.82, 2.24) is 35.1 Å². The molecule has 6 aromatic rings. The van der Waals surface area contributed by atoms with E-state index in [1.54, 1.807) is 25.5 Å². The van der Waals surface area contributed by atoms with E-state index in [0.29, 0.717) is 16.4 Å². The third-order valence-corrected chi connectivity index (χ3v) is 7.72. The SMILES string of the molecule is CC(=O)c1ccc(-c2nccc3[nH]c(-c4n[nH]c5ccc(-c6cncc(N7CC(N)C7)n6)cc45)nc23)s1. The lowest BCUT2D eigenvalue weighted by atomic mass is 10.1. The number of hydrogen-bond acceptors (Lipinski definition) is 9. The molecular formula is C26H21N9OS. The first-order valence-corrected chi connectivity index (χ1v) is 12.6. The van der Waals surface area contributed by atoms with Crippen LogP contribution in [0.3, 0.4) is 0 Å². The molecule has 11 heteroatoms. The van der Waals surface area contributed by atoms with Crippen molar-refractivity contribution < 1.29 is 4.79 Å². The van der Waals surface area contributed by atoms with Crippen molar-refractivity contribution in [2.75, 3.05) is 18.0 Å². The Hall–Kier alpha value is -4.48. The average Bonchev–Trinajstić information content (AvgIpc) is 3.64. The van der Waals surface area contributed by atoms with E-state index in [1.807, 2.05) is 30.3 Å². The molecule has 0 aliphatic carbocycles. The summed E-state index contributed by atoms with van der Waals surface area (Å²) in [5, 5.41) is 8.58. The third-order valence-electron chi connectivity index (χ3n) is 6.53. The summed E-state index contributed by atoms with van der Waals surface area (Å²) in [5.74, 6) is 1.49. The molecule has 5 aromatic heterocycles. The second-order valence-corrected chi connectivity index (χ2v) is 10.2. The van der Waals surface area contributed by atoms with E-state index < -0.39 is 0 Å². The van der Waals surface area contributed by atoms with Gasteiger partial charge < -0.3 is 15.6 Å². The van der Waals surface area contributed by atoms with Gasteiger partial charge in [-0.2, -0.15) is 5.10 Å². The largest absolute Gasteiger partial charge is 0.352 e. The Bertz CT molecular complexity index is 1810. The van der Waals surface area contributed by atoms with Crippen molar-refractivity contribution in [3.05, 3.63) is 59.9 Å². The number of ketones is 1. The minimum Gasteiger partial charge on any atom is -0.352 e. The van der Waals surface area contributed by atoms with Gasteiger partial charge in [0.15, 0.2) is 11.6 Å². The van der Waals surface area contributed by atoms with Crippen LogP contribution >= 0.6 is 11.3 Å². The number of aromatic nitrogens is 7. The van der Waals surface area contributed by atoms with Crippen molar-refractivity contribution in [3.63, 3.8) is 0 Å². The Morgan fingerprint density at radius 1 is 1.08 bits per heavy atom. The Kier molecular flexibility index (Phi) is 4.88. The zero-order valence-corrected chi connectivity index (χ0v) is 20.6. The summed E-state index contributed by atoms with van der Waals surface area (Å²) < 4.78 is 0. The Morgan fingerprint density at radius 3 is 2.78 bits per heavy atom. The lowest BCUT2D eigenvalue weighted by molar-refractivity contribution is 0.102. The fraction of sp³-hybridized carbons (Fsp3) is 0.154. The maximum atomic E-state index is 11.8. The standard InChI is InChI=1S/C26H21N9OS/c1-13(36)20-4-5-21(37-20)25-24-18(6-7-29-25)31-26(32-24)23-16-8-14(2-3-17(16)33-34-23)19-9-28-10-22(30-19)35-11-15(27)12-35/h2-10,15H,11-12,27H2,1H3,(H,31,32)(H,33,34). The molecule has 0 bridgehead atoms. The van der Waals surface area contributed by atoms with Crippen LogP contribution in [0, 0.1) is 0 Å². The second kappa shape index (κ2) is 8.29. The quantitative estimate of drug-likeness (QED) is 0.297. The number of carbonyl (C=O) groups excluding carboxylic acids is 1. The van der Waals surface area contributed by atoms with Gasteiger partial charge in [-0.15, -0.1) is 11.3 Å². The van der Waals surface area contributed by atoms with Crippen molar-refractivity contribution in [2.45, 2.75) is 13.0 Å².